The predicted molar refractivity (Wildman–Crippen MR) is 93.1 cm³/mol. The minimum atomic E-state index is 0.287. The van der Waals surface area contributed by atoms with E-state index < -0.39 is 0 Å². The third-order valence-corrected chi connectivity index (χ3v) is 7.27. The van der Waals surface area contributed by atoms with Crippen LogP contribution >= 0.6 is 23.5 Å². The van der Waals surface area contributed by atoms with E-state index in [-0.39, 0.29) is 5.91 Å². The molecule has 0 aromatic heterocycles. The number of amides is 1. The number of thioether (sulfide) groups is 2. The number of hydrogen-bond acceptors (Lipinski definition) is 4. The molecule has 2 saturated heterocycles. The Labute approximate surface area is 137 Å². The van der Waals surface area contributed by atoms with Gasteiger partial charge in [-0.2, -0.15) is 23.5 Å². The van der Waals surface area contributed by atoms with Crippen molar-refractivity contribution in [2.24, 2.45) is 5.92 Å². The second kappa shape index (κ2) is 8.11. The highest BCUT2D eigenvalue weighted by atomic mass is 32.2. The first-order valence-electron chi connectivity index (χ1n) is 8.50. The standard InChI is InChI=1S/C16H28N2OS2/c19-16(17-14-4-5-14)6-3-13-2-1-7-18(10-13)15-11-20-8-9-21-12-15/h13-15H,1-12H2,(H,17,19)/t13-/m0/s1. The predicted octanol–water partition coefficient (Wildman–Crippen LogP) is 2.61. The van der Waals surface area contributed by atoms with Gasteiger partial charge in [-0.1, -0.05) is 0 Å². The maximum absolute atomic E-state index is 11.8. The lowest BCUT2D eigenvalue weighted by Crippen LogP contribution is -2.45. The highest BCUT2D eigenvalue weighted by Crippen LogP contribution is 2.27. The van der Waals surface area contributed by atoms with Crippen LogP contribution in [0.3, 0.4) is 0 Å². The molecule has 0 aromatic rings. The molecule has 0 bridgehead atoms. The van der Waals surface area contributed by atoms with Crippen LogP contribution in [0, 0.1) is 5.92 Å². The van der Waals surface area contributed by atoms with Gasteiger partial charge in [-0.15, -0.1) is 0 Å². The van der Waals surface area contributed by atoms with E-state index in [0.29, 0.717) is 6.04 Å². The second-order valence-electron chi connectivity index (χ2n) is 6.69. The maximum Gasteiger partial charge on any atom is 0.220 e. The van der Waals surface area contributed by atoms with Gasteiger partial charge < -0.3 is 5.32 Å². The molecule has 0 aromatic carbocycles. The Bertz CT molecular complexity index is 341. The van der Waals surface area contributed by atoms with Crippen molar-refractivity contribution in [1.29, 1.82) is 0 Å². The zero-order valence-electron chi connectivity index (χ0n) is 12.9. The molecule has 0 unspecified atom stereocenters. The van der Waals surface area contributed by atoms with Crippen molar-refractivity contribution in [3.05, 3.63) is 0 Å². The molecule has 1 amide bonds. The number of carbonyl (C=O) groups excluding carboxylic acids is 1. The first kappa shape index (κ1) is 16.0. The lowest BCUT2D eigenvalue weighted by atomic mass is 9.92. The molecule has 120 valence electrons. The number of rotatable bonds is 5. The zero-order valence-corrected chi connectivity index (χ0v) is 14.5. The van der Waals surface area contributed by atoms with Crippen LogP contribution in [0.2, 0.25) is 0 Å². The summed E-state index contributed by atoms with van der Waals surface area (Å²) in [5, 5.41) is 3.12. The van der Waals surface area contributed by atoms with Gasteiger partial charge in [-0.3, -0.25) is 9.69 Å². The van der Waals surface area contributed by atoms with E-state index in [1.807, 2.05) is 0 Å². The molecule has 1 atom stereocenters. The largest absolute Gasteiger partial charge is 0.353 e. The van der Waals surface area contributed by atoms with Crippen molar-refractivity contribution in [2.75, 3.05) is 36.1 Å². The van der Waals surface area contributed by atoms with Gasteiger partial charge in [0.25, 0.3) is 0 Å². The number of nitrogens with one attached hydrogen (secondary N) is 1. The van der Waals surface area contributed by atoms with E-state index in [4.69, 9.17) is 0 Å². The third kappa shape index (κ3) is 5.36. The van der Waals surface area contributed by atoms with Crippen molar-refractivity contribution in [3.8, 4) is 0 Å². The summed E-state index contributed by atoms with van der Waals surface area (Å²) in [4.78, 5) is 14.6. The van der Waals surface area contributed by atoms with Gasteiger partial charge in [0.2, 0.25) is 5.91 Å². The van der Waals surface area contributed by atoms with E-state index in [2.05, 4.69) is 33.7 Å². The third-order valence-electron chi connectivity index (χ3n) is 4.78. The zero-order chi connectivity index (χ0) is 14.5. The van der Waals surface area contributed by atoms with Crippen LogP contribution in [0.25, 0.3) is 0 Å². The van der Waals surface area contributed by atoms with E-state index >= 15 is 0 Å². The molecule has 21 heavy (non-hydrogen) atoms. The van der Waals surface area contributed by atoms with Crippen LogP contribution in [-0.2, 0) is 4.79 Å². The Balaban J connectivity index is 1.40. The molecule has 5 heteroatoms. The van der Waals surface area contributed by atoms with Gasteiger partial charge >= 0.3 is 0 Å². The normalized spacial score (nSPS) is 29.0. The monoisotopic (exact) mass is 328 g/mol. The van der Waals surface area contributed by atoms with Crippen LogP contribution < -0.4 is 5.32 Å². The van der Waals surface area contributed by atoms with Gasteiger partial charge in [0.1, 0.15) is 0 Å². The van der Waals surface area contributed by atoms with Crippen LogP contribution in [0.5, 0.6) is 0 Å². The minimum Gasteiger partial charge on any atom is -0.353 e. The Morgan fingerprint density at radius 3 is 2.62 bits per heavy atom. The van der Waals surface area contributed by atoms with Crippen molar-refractivity contribution in [2.45, 2.75) is 50.6 Å². The Morgan fingerprint density at radius 1 is 1.14 bits per heavy atom. The summed E-state index contributed by atoms with van der Waals surface area (Å²) in [6, 6.07) is 1.28. The average molecular weight is 329 g/mol. The summed E-state index contributed by atoms with van der Waals surface area (Å²) in [7, 11) is 0. The molecule has 3 aliphatic rings. The van der Waals surface area contributed by atoms with Crippen molar-refractivity contribution in [3.63, 3.8) is 0 Å². The van der Waals surface area contributed by atoms with Crippen molar-refractivity contribution in [1.82, 2.24) is 10.2 Å². The molecule has 1 saturated carbocycles. The van der Waals surface area contributed by atoms with Crippen molar-refractivity contribution >= 4 is 29.4 Å². The highest BCUT2D eigenvalue weighted by molar-refractivity contribution is 8.03. The van der Waals surface area contributed by atoms with Gasteiger partial charge in [0.05, 0.1) is 0 Å². The van der Waals surface area contributed by atoms with Gasteiger partial charge in [0, 0.05) is 48.1 Å². The Morgan fingerprint density at radius 2 is 1.90 bits per heavy atom. The number of nitrogens with zero attached hydrogens (tertiary/aromatic N) is 1. The summed E-state index contributed by atoms with van der Waals surface area (Å²) in [5.41, 5.74) is 0. The summed E-state index contributed by atoms with van der Waals surface area (Å²) < 4.78 is 0. The Hall–Kier alpha value is 0.130. The summed E-state index contributed by atoms with van der Waals surface area (Å²) in [6.45, 7) is 2.50. The molecule has 2 heterocycles. The van der Waals surface area contributed by atoms with E-state index in [1.165, 1.54) is 61.8 Å². The molecule has 3 rings (SSSR count). The Kier molecular flexibility index (Phi) is 6.18. The van der Waals surface area contributed by atoms with Gasteiger partial charge in [-0.05, 0) is 44.6 Å². The van der Waals surface area contributed by atoms with Crippen LogP contribution in [0.4, 0.5) is 0 Å². The van der Waals surface area contributed by atoms with E-state index in [0.717, 1.165) is 24.8 Å². The molecule has 1 aliphatic carbocycles. The van der Waals surface area contributed by atoms with E-state index in [1.54, 1.807) is 0 Å². The average Bonchev–Trinajstić information content (AvgIpc) is 3.32. The fourth-order valence-corrected chi connectivity index (χ4v) is 5.97. The molecular formula is C16H28N2OS2. The lowest BCUT2D eigenvalue weighted by molar-refractivity contribution is -0.121. The fraction of sp³-hybridized carbons (Fsp3) is 0.938. The summed E-state index contributed by atoms with van der Waals surface area (Å²) in [6.07, 6.45) is 6.85. The number of likely N-dealkylation sites (tertiary alicyclic amines) is 1. The van der Waals surface area contributed by atoms with Crippen molar-refractivity contribution < 1.29 is 4.79 Å². The van der Waals surface area contributed by atoms with E-state index in [9.17, 15) is 4.79 Å². The molecule has 0 radical (unpaired) electrons. The quantitative estimate of drug-likeness (QED) is 0.841. The SMILES string of the molecule is O=C(CC[C@@H]1CCCN(C2CSCCSC2)C1)NC1CC1. The summed E-state index contributed by atoms with van der Waals surface area (Å²) in [5.74, 6) is 6.28. The molecule has 3 fully saturated rings. The second-order valence-corrected chi connectivity index (χ2v) is 8.99. The van der Waals surface area contributed by atoms with Crippen LogP contribution in [-0.4, -0.2) is 59.0 Å². The number of carbonyl (C=O) groups is 1. The first-order valence-corrected chi connectivity index (χ1v) is 10.8. The number of piperidine rings is 1. The van der Waals surface area contributed by atoms with Gasteiger partial charge in [0.15, 0.2) is 0 Å². The lowest BCUT2D eigenvalue weighted by Gasteiger charge is -2.37. The smallest absolute Gasteiger partial charge is 0.220 e. The molecule has 0 spiro atoms. The highest BCUT2D eigenvalue weighted by Gasteiger charge is 2.28. The topological polar surface area (TPSA) is 32.3 Å². The van der Waals surface area contributed by atoms with Crippen LogP contribution in [0.15, 0.2) is 0 Å². The van der Waals surface area contributed by atoms with Crippen LogP contribution in [0.1, 0.15) is 38.5 Å². The molecule has 2 aliphatic heterocycles. The molecule has 1 N–H and O–H groups in total. The summed E-state index contributed by atoms with van der Waals surface area (Å²) >= 11 is 4.25. The molecular weight excluding hydrogens is 300 g/mol. The minimum absolute atomic E-state index is 0.287. The maximum atomic E-state index is 11.8. The first-order chi connectivity index (χ1) is 10.3. The van der Waals surface area contributed by atoms with Gasteiger partial charge in [-0.25, -0.2) is 0 Å². The molecule has 3 nitrogen and oxygen atoms in total. The fourth-order valence-electron chi connectivity index (χ4n) is 3.34. The number of hydrogen-bond donors (Lipinski definition) is 1.